The Morgan fingerprint density at radius 2 is 2.00 bits per heavy atom. The summed E-state index contributed by atoms with van der Waals surface area (Å²) in [6.07, 6.45) is 9.73. The van der Waals surface area contributed by atoms with Gasteiger partial charge in [0.25, 0.3) is 0 Å². The summed E-state index contributed by atoms with van der Waals surface area (Å²) in [4.78, 5) is 22.8. The molecule has 2 N–H and O–H groups in total. The van der Waals surface area contributed by atoms with Crippen LogP contribution in [0.1, 0.15) is 58.8 Å². The van der Waals surface area contributed by atoms with E-state index in [0.29, 0.717) is 5.92 Å². The van der Waals surface area contributed by atoms with Crippen LogP contribution < -0.4 is 0 Å². The lowest BCUT2D eigenvalue weighted by Gasteiger charge is -2.57. The minimum absolute atomic E-state index is 0.0320. The van der Waals surface area contributed by atoms with Gasteiger partial charge in [0.15, 0.2) is 0 Å². The molecule has 0 aromatic heterocycles. The molecule has 3 aliphatic rings. The number of hydrogen-bond acceptors (Lipinski definition) is 2. The maximum Gasteiger partial charge on any atom is 0.328 e. The fourth-order valence-corrected chi connectivity index (χ4v) is 5.64. The van der Waals surface area contributed by atoms with Gasteiger partial charge in [-0.2, -0.15) is 0 Å². The highest BCUT2D eigenvalue weighted by Gasteiger charge is 2.57. The average molecular weight is 318 g/mol. The first-order valence-corrected chi connectivity index (χ1v) is 8.62. The number of carboxylic acid groups (broad SMARTS) is 2. The Bertz CT molecular complexity index is 602. The lowest BCUT2D eigenvalue weighted by Crippen LogP contribution is -2.53. The highest BCUT2D eigenvalue weighted by Crippen LogP contribution is 2.62. The summed E-state index contributed by atoms with van der Waals surface area (Å²) in [5.41, 5.74) is 1.74. The van der Waals surface area contributed by atoms with Crippen molar-refractivity contribution in [3.63, 3.8) is 0 Å². The first kappa shape index (κ1) is 16.3. The molecular weight excluding hydrogens is 292 g/mol. The van der Waals surface area contributed by atoms with Crippen LogP contribution in [0.4, 0.5) is 0 Å². The van der Waals surface area contributed by atoms with Crippen molar-refractivity contribution < 1.29 is 19.8 Å². The number of aliphatic carboxylic acids is 2. The van der Waals surface area contributed by atoms with Gasteiger partial charge in [-0.15, -0.1) is 0 Å². The van der Waals surface area contributed by atoms with Crippen molar-refractivity contribution in [1.29, 1.82) is 0 Å². The van der Waals surface area contributed by atoms with Crippen LogP contribution in [-0.2, 0) is 9.59 Å². The molecule has 0 saturated heterocycles. The molecule has 3 rings (SSSR count). The summed E-state index contributed by atoms with van der Waals surface area (Å²) < 4.78 is 0. The van der Waals surface area contributed by atoms with Crippen molar-refractivity contribution in [2.45, 2.75) is 58.8 Å². The number of carbonyl (C=O) groups is 2. The highest BCUT2D eigenvalue weighted by atomic mass is 16.4. The Morgan fingerprint density at radius 3 is 2.65 bits per heavy atom. The zero-order chi connectivity index (χ0) is 16.8. The molecule has 3 aliphatic carbocycles. The van der Waals surface area contributed by atoms with Gasteiger partial charge in [0.05, 0.1) is 5.41 Å². The molecule has 0 amide bonds. The summed E-state index contributed by atoms with van der Waals surface area (Å²) in [6.45, 7) is 4.20. The molecule has 23 heavy (non-hydrogen) atoms. The van der Waals surface area contributed by atoms with E-state index in [9.17, 15) is 14.7 Å². The van der Waals surface area contributed by atoms with Gasteiger partial charge in [0.2, 0.25) is 0 Å². The van der Waals surface area contributed by atoms with E-state index in [0.717, 1.165) is 50.5 Å². The van der Waals surface area contributed by atoms with Crippen LogP contribution in [0.3, 0.4) is 0 Å². The van der Waals surface area contributed by atoms with Crippen molar-refractivity contribution >= 4 is 11.9 Å². The fraction of sp³-hybridized carbons (Fsp3) is 0.684. The third-order valence-corrected chi connectivity index (χ3v) is 6.84. The van der Waals surface area contributed by atoms with Crippen molar-refractivity contribution in [2.24, 2.45) is 22.7 Å². The van der Waals surface area contributed by atoms with Gasteiger partial charge in [0.1, 0.15) is 0 Å². The lowest BCUT2D eigenvalue weighted by molar-refractivity contribution is -0.162. The fourth-order valence-electron chi connectivity index (χ4n) is 5.64. The van der Waals surface area contributed by atoms with Crippen LogP contribution in [0.25, 0.3) is 0 Å². The molecule has 4 atom stereocenters. The van der Waals surface area contributed by atoms with Crippen LogP contribution >= 0.6 is 0 Å². The zero-order valence-electron chi connectivity index (χ0n) is 14.0. The predicted molar refractivity (Wildman–Crippen MR) is 87.0 cm³/mol. The summed E-state index contributed by atoms with van der Waals surface area (Å²) in [5, 5.41) is 18.8. The Labute approximate surface area is 137 Å². The molecule has 4 heteroatoms. The van der Waals surface area contributed by atoms with Gasteiger partial charge >= 0.3 is 11.9 Å². The normalized spacial score (nSPS) is 41.7. The minimum Gasteiger partial charge on any atom is -0.481 e. The van der Waals surface area contributed by atoms with Crippen molar-refractivity contribution in [3.8, 4) is 0 Å². The Kier molecular flexibility index (Phi) is 3.89. The summed E-state index contributed by atoms with van der Waals surface area (Å²) in [5.74, 6) is -0.936. The molecule has 2 saturated carbocycles. The Hall–Kier alpha value is -1.58. The third kappa shape index (κ3) is 2.52. The number of hydrogen-bond donors (Lipinski definition) is 2. The summed E-state index contributed by atoms with van der Waals surface area (Å²) >= 11 is 0. The van der Waals surface area contributed by atoms with Crippen LogP contribution in [0.2, 0.25) is 0 Å². The van der Waals surface area contributed by atoms with Crippen molar-refractivity contribution in [3.05, 3.63) is 23.3 Å². The molecule has 0 aliphatic heterocycles. The van der Waals surface area contributed by atoms with E-state index in [1.807, 2.05) is 6.92 Å². The monoisotopic (exact) mass is 318 g/mol. The quantitative estimate of drug-likeness (QED) is 0.595. The van der Waals surface area contributed by atoms with Crippen LogP contribution in [0.15, 0.2) is 23.3 Å². The van der Waals surface area contributed by atoms with Gasteiger partial charge in [-0.3, -0.25) is 4.79 Å². The topological polar surface area (TPSA) is 74.6 Å². The second kappa shape index (κ2) is 5.50. The smallest absolute Gasteiger partial charge is 0.328 e. The minimum atomic E-state index is -0.866. The molecule has 0 aromatic carbocycles. The highest BCUT2D eigenvalue weighted by molar-refractivity contribution is 5.80. The molecule has 2 fully saturated rings. The molecular formula is C19H26O4. The standard InChI is InChI=1S/C19H26O4/c1-18-8-3-9-19(2,17(22)23)15(18)7-5-13-10-12(11-16(20)21)4-6-14(13)18/h5,11,14-15H,3-4,6-10H2,1-2H3,(H,20,21)(H,22,23)/b12-11+/t14-,15+,18-,19-/m1/s1. The van der Waals surface area contributed by atoms with Gasteiger partial charge < -0.3 is 10.2 Å². The van der Waals surface area contributed by atoms with Crippen molar-refractivity contribution in [1.82, 2.24) is 0 Å². The second-order valence-electron chi connectivity index (χ2n) is 8.06. The van der Waals surface area contributed by atoms with E-state index in [-0.39, 0.29) is 11.3 Å². The average Bonchev–Trinajstić information content (AvgIpc) is 2.46. The van der Waals surface area contributed by atoms with E-state index in [1.54, 1.807) is 0 Å². The third-order valence-electron chi connectivity index (χ3n) is 6.84. The number of allylic oxidation sites excluding steroid dienone is 3. The first-order chi connectivity index (χ1) is 10.8. The zero-order valence-corrected chi connectivity index (χ0v) is 14.0. The van der Waals surface area contributed by atoms with Gasteiger partial charge in [0, 0.05) is 6.08 Å². The largest absolute Gasteiger partial charge is 0.481 e. The molecule has 126 valence electrons. The van der Waals surface area contributed by atoms with Gasteiger partial charge in [-0.1, -0.05) is 30.6 Å². The SMILES string of the molecule is C[C@]12CCC[C@@](C)(C(=O)O)[C@H]1CC=C1C/C(=C/C(=O)O)CC[C@H]12. The number of carboxylic acids is 2. The van der Waals surface area contributed by atoms with E-state index in [4.69, 9.17) is 5.11 Å². The number of fused-ring (bicyclic) bond motifs is 3. The van der Waals surface area contributed by atoms with E-state index in [2.05, 4.69) is 13.0 Å². The predicted octanol–water partition coefficient (Wildman–Crippen LogP) is 4.02. The molecule has 0 heterocycles. The van der Waals surface area contributed by atoms with Crippen LogP contribution in [0, 0.1) is 22.7 Å². The van der Waals surface area contributed by atoms with Crippen molar-refractivity contribution in [2.75, 3.05) is 0 Å². The van der Waals surface area contributed by atoms with Gasteiger partial charge in [-0.05, 0) is 62.7 Å². The van der Waals surface area contributed by atoms with Crippen LogP contribution in [0.5, 0.6) is 0 Å². The van der Waals surface area contributed by atoms with Crippen LogP contribution in [-0.4, -0.2) is 22.2 Å². The molecule has 0 bridgehead atoms. The molecule has 0 unspecified atom stereocenters. The molecule has 0 spiro atoms. The molecule has 0 aromatic rings. The Morgan fingerprint density at radius 1 is 1.26 bits per heavy atom. The summed E-state index contributed by atoms with van der Waals surface area (Å²) in [7, 11) is 0. The van der Waals surface area contributed by atoms with E-state index >= 15 is 0 Å². The Balaban J connectivity index is 1.93. The first-order valence-electron chi connectivity index (χ1n) is 8.62. The van der Waals surface area contributed by atoms with Gasteiger partial charge in [-0.25, -0.2) is 4.79 Å². The van der Waals surface area contributed by atoms with E-state index < -0.39 is 17.4 Å². The number of rotatable bonds is 2. The molecule has 4 nitrogen and oxygen atoms in total. The van der Waals surface area contributed by atoms with E-state index in [1.165, 1.54) is 11.6 Å². The summed E-state index contributed by atoms with van der Waals surface area (Å²) in [6, 6.07) is 0. The maximum absolute atomic E-state index is 11.9. The second-order valence-corrected chi connectivity index (χ2v) is 8.06. The molecule has 0 radical (unpaired) electrons. The lowest BCUT2D eigenvalue weighted by atomic mass is 9.46. The maximum atomic E-state index is 11.9.